The van der Waals surface area contributed by atoms with Crippen molar-refractivity contribution in [2.45, 2.75) is 32.6 Å². The first-order valence-corrected chi connectivity index (χ1v) is 6.08. The highest BCUT2D eigenvalue weighted by Crippen LogP contribution is 2.30. The molecular weight excluding hydrogens is 228 g/mol. The minimum absolute atomic E-state index is 0.102. The molecule has 1 atom stereocenters. The van der Waals surface area contributed by atoms with Crippen LogP contribution in [-0.4, -0.2) is 25.1 Å². The molecular formula is C14H22N2O2. The molecule has 4 heteroatoms. The van der Waals surface area contributed by atoms with Crippen molar-refractivity contribution in [1.82, 2.24) is 5.01 Å². The number of nitrogens with two attached hydrogens (primary N) is 1. The summed E-state index contributed by atoms with van der Waals surface area (Å²) in [6.45, 7) is 6.06. The van der Waals surface area contributed by atoms with Gasteiger partial charge in [0, 0.05) is 7.05 Å². The number of rotatable bonds is 4. The average molecular weight is 250 g/mol. The fourth-order valence-corrected chi connectivity index (χ4v) is 1.92. The number of hydrogen-bond donors (Lipinski definition) is 1. The third-order valence-corrected chi connectivity index (χ3v) is 3.09. The van der Waals surface area contributed by atoms with E-state index in [-0.39, 0.29) is 11.8 Å². The van der Waals surface area contributed by atoms with E-state index in [9.17, 15) is 4.79 Å². The van der Waals surface area contributed by atoms with Gasteiger partial charge < -0.3 is 4.74 Å². The first-order chi connectivity index (χ1) is 8.38. The van der Waals surface area contributed by atoms with Gasteiger partial charge in [-0.1, -0.05) is 26.0 Å². The fraction of sp³-hybridized carbons (Fsp3) is 0.500. The minimum Gasteiger partial charge on any atom is -0.496 e. The van der Waals surface area contributed by atoms with E-state index in [0.717, 1.165) is 21.9 Å². The molecule has 1 unspecified atom stereocenters. The number of nitrogens with zero attached hydrogens (tertiary/aromatic N) is 1. The van der Waals surface area contributed by atoms with E-state index >= 15 is 0 Å². The van der Waals surface area contributed by atoms with Gasteiger partial charge >= 0.3 is 0 Å². The number of hydrazine groups is 1. The molecule has 0 aromatic heterocycles. The third-order valence-electron chi connectivity index (χ3n) is 3.09. The predicted octanol–water partition coefficient (Wildman–Crippen LogP) is 2.25. The van der Waals surface area contributed by atoms with Gasteiger partial charge in [-0.3, -0.25) is 9.80 Å². The molecule has 0 aliphatic heterocycles. The molecule has 4 nitrogen and oxygen atoms in total. The Balaban J connectivity index is 3.12. The van der Waals surface area contributed by atoms with Crippen molar-refractivity contribution in [3.63, 3.8) is 0 Å². The Kier molecular flexibility index (Phi) is 4.73. The average Bonchev–Trinajstić information content (AvgIpc) is 2.35. The Morgan fingerprint density at radius 3 is 2.39 bits per heavy atom. The molecule has 0 saturated carbocycles. The van der Waals surface area contributed by atoms with Crippen LogP contribution in [0, 0.1) is 0 Å². The standard InChI is InChI=1S/C14H22N2O2/c1-9(2)12-8-11(6-7-13(12)18-5)10(3)14(17)16(4)15/h6-10H,15H2,1-5H3. The number of likely N-dealkylation sites (N-methyl/N-ethyl adjacent to an activating group) is 1. The van der Waals surface area contributed by atoms with Gasteiger partial charge in [0.15, 0.2) is 0 Å². The molecule has 0 spiro atoms. The van der Waals surface area contributed by atoms with Crippen molar-refractivity contribution in [2.75, 3.05) is 14.2 Å². The Hall–Kier alpha value is -1.55. The van der Waals surface area contributed by atoms with Gasteiger partial charge in [-0.05, 0) is 30.0 Å². The Bertz CT molecular complexity index is 428. The van der Waals surface area contributed by atoms with Crippen molar-refractivity contribution < 1.29 is 9.53 Å². The maximum Gasteiger partial charge on any atom is 0.243 e. The van der Waals surface area contributed by atoms with E-state index < -0.39 is 0 Å². The monoisotopic (exact) mass is 250 g/mol. The molecule has 0 bridgehead atoms. The van der Waals surface area contributed by atoms with Crippen LogP contribution in [0.5, 0.6) is 5.75 Å². The summed E-state index contributed by atoms with van der Waals surface area (Å²) in [6.07, 6.45) is 0. The molecule has 2 N–H and O–H groups in total. The first kappa shape index (κ1) is 14.5. The number of carbonyl (C=O) groups is 1. The van der Waals surface area contributed by atoms with Crippen molar-refractivity contribution >= 4 is 5.91 Å². The molecule has 1 rings (SSSR count). The van der Waals surface area contributed by atoms with Crippen molar-refractivity contribution in [3.05, 3.63) is 29.3 Å². The van der Waals surface area contributed by atoms with Crippen LogP contribution >= 0.6 is 0 Å². The van der Waals surface area contributed by atoms with Crippen molar-refractivity contribution in [3.8, 4) is 5.75 Å². The van der Waals surface area contributed by atoms with Gasteiger partial charge in [-0.25, -0.2) is 5.84 Å². The maximum absolute atomic E-state index is 11.8. The smallest absolute Gasteiger partial charge is 0.243 e. The van der Waals surface area contributed by atoms with Crippen molar-refractivity contribution in [2.24, 2.45) is 5.84 Å². The van der Waals surface area contributed by atoms with Gasteiger partial charge in [0.1, 0.15) is 5.75 Å². The molecule has 0 aliphatic rings. The number of hydrogen-bond acceptors (Lipinski definition) is 3. The second-order valence-corrected chi connectivity index (χ2v) is 4.83. The largest absolute Gasteiger partial charge is 0.496 e. The highest BCUT2D eigenvalue weighted by atomic mass is 16.5. The number of carbonyl (C=O) groups excluding carboxylic acids is 1. The second-order valence-electron chi connectivity index (χ2n) is 4.83. The minimum atomic E-state index is -0.247. The van der Waals surface area contributed by atoms with Gasteiger partial charge in [-0.15, -0.1) is 0 Å². The zero-order valence-electron chi connectivity index (χ0n) is 11.7. The molecule has 1 aromatic rings. The fourth-order valence-electron chi connectivity index (χ4n) is 1.92. The number of ether oxygens (including phenoxy) is 1. The van der Waals surface area contributed by atoms with Crippen LogP contribution in [0.3, 0.4) is 0 Å². The van der Waals surface area contributed by atoms with Crippen LogP contribution < -0.4 is 10.6 Å². The highest BCUT2D eigenvalue weighted by Gasteiger charge is 2.19. The first-order valence-electron chi connectivity index (χ1n) is 6.08. The lowest BCUT2D eigenvalue weighted by atomic mass is 9.93. The summed E-state index contributed by atoms with van der Waals surface area (Å²) in [7, 11) is 3.22. The lowest BCUT2D eigenvalue weighted by Crippen LogP contribution is -2.36. The second kappa shape index (κ2) is 5.87. The highest BCUT2D eigenvalue weighted by molar-refractivity contribution is 5.82. The normalized spacial score (nSPS) is 12.4. The summed E-state index contributed by atoms with van der Waals surface area (Å²) in [5.74, 6) is 6.34. The molecule has 1 amide bonds. The maximum atomic E-state index is 11.8. The predicted molar refractivity (Wildman–Crippen MR) is 72.5 cm³/mol. The summed E-state index contributed by atoms with van der Waals surface area (Å²) >= 11 is 0. The quantitative estimate of drug-likeness (QED) is 0.506. The molecule has 0 fully saturated rings. The summed E-state index contributed by atoms with van der Waals surface area (Å²) in [5, 5.41) is 1.13. The summed E-state index contributed by atoms with van der Waals surface area (Å²) < 4.78 is 5.33. The van der Waals surface area contributed by atoms with Gasteiger partial charge in [0.25, 0.3) is 0 Å². The van der Waals surface area contributed by atoms with Gasteiger partial charge in [0.2, 0.25) is 5.91 Å². The van der Waals surface area contributed by atoms with Crippen LogP contribution in [0.2, 0.25) is 0 Å². The molecule has 18 heavy (non-hydrogen) atoms. The van der Waals surface area contributed by atoms with Crippen LogP contribution in [-0.2, 0) is 4.79 Å². The van der Waals surface area contributed by atoms with E-state index in [4.69, 9.17) is 10.6 Å². The Labute approximate surface area is 109 Å². The van der Waals surface area contributed by atoms with Crippen LogP contribution in [0.1, 0.15) is 43.7 Å². The summed E-state index contributed by atoms with van der Waals surface area (Å²) in [6, 6.07) is 5.84. The van der Waals surface area contributed by atoms with Gasteiger partial charge in [0.05, 0.1) is 13.0 Å². The van der Waals surface area contributed by atoms with E-state index in [1.165, 1.54) is 0 Å². The van der Waals surface area contributed by atoms with E-state index in [2.05, 4.69) is 13.8 Å². The molecule has 1 aromatic carbocycles. The summed E-state index contributed by atoms with van der Waals surface area (Å²) in [5.41, 5.74) is 2.07. The topological polar surface area (TPSA) is 55.6 Å². The lowest BCUT2D eigenvalue weighted by Gasteiger charge is -2.19. The van der Waals surface area contributed by atoms with E-state index in [1.807, 2.05) is 25.1 Å². The number of amides is 1. The Morgan fingerprint density at radius 2 is 1.94 bits per heavy atom. The number of methoxy groups -OCH3 is 1. The molecule has 100 valence electrons. The molecule has 0 saturated heterocycles. The molecule has 0 aliphatic carbocycles. The molecule has 0 radical (unpaired) electrons. The SMILES string of the molecule is COc1ccc(C(C)C(=O)N(C)N)cc1C(C)C. The number of benzene rings is 1. The van der Waals surface area contributed by atoms with Crippen LogP contribution in [0.15, 0.2) is 18.2 Å². The zero-order valence-corrected chi connectivity index (χ0v) is 11.7. The summed E-state index contributed by atoms with van der Waals surface area (Å²) in [4.78, 5) is 11.8. The zero-order chi connectivity index (χ0) is 13.9. The lowest BCUT2D eigenvalue weighted by molar-refractivity contribution is -0.131. The third kappa shape index (κ3) is 3.01. The van der Waals surface area contributed by atoms with E-state index in [1.54, 1.807) is 14.2 Å². The molecule has 0 heterocycles. The van der Waals surface area contributed by atoms with E-state index in [0.29, 0.717) is 5.92 Å². The van der Waals surface area contributed by atoms with Crippen LogP contribution in [0.25, 0.3) is 0 Å². The van der Waals surface area contributed by atoms with Crippen LogP contribution in [0.4, 0.5) is 0 Å². The van der Waals surface area contributed by atoms with Crippen molar-refractivity contribution in [1.29, 1.82) is 0 Å². The van der Waals surface area contributed by atoms with Gasteiger partial charge in [-0.2, -0.15) is 0 Å². The Morgan fingerprint density at radius 1 is 1.33 bits per heavy atom.